The Morgan fingerprint density at radius 1 is 0.917 bits per heavy atom. The van der Waals surface area contributed by atoms with Crippen LogP contribution in [0.5, 0.6) is 17.2 Å². The molecule has 0 N–H and O–H groups in total. The van der Waals surface area contributed by atoms with Crippen molar-refractivity contribution in [1.82, 2.24) is 14.6 Å². The summed E-state index contributed by atoms with van der Waals surface area (Å²) in [6.45, 7) is 5.68. The van der Waals surface area contributed by atoms with Crippen molar-refractivity contribution < 1.29 is 14.2 Å². The average molecular weight is 508 g/mol. The SMILES string of the molecule is CCCCCCOc1ccc(-c2nc3s/c(=C/c4ccc(OCCCC)c(OC)c4)c(=O)n3n2)cc1. The average Bonchev–Trinajstić information content (AvgIpc) is 3.44. The van der Waals surface area contributed by atoms with Crippen molar-refractivity contribution in [2.24, 2.45) is 0 Å². The normalized spacial score (nSPS) is 11.8. The zero-order valence-electron chi connectivity index (χ0n) is 21.2. The number of benzene rings is 2. The molecule has 0 aliphatic rings. The molecule has 0 fully saturated rings. The molecule has 2 heterocycles. The van der Waals surface area contributed by atoms with E-state index in [1.165, 1.54) is 35.1 Å². The van der Waals surface area contributed by atoms with Gasteiger partial charge in [0.05, 0.1) is 24.9 Å². The second-order valence-corrected chi connectivity index (χ2v) is 9.60. The molecule has 0 bridgehead atoms. The first-order chi connectivity index (χ1) is 17.6. The maximum atomic E-state index is 13.0. The molecule has 0 saturated carbocycles. The molecule has 8 heteroatoms. The minimum absolute atomic E-state index is 0.192. The second-order valence-electron chi connectivity index (χ2n) is 8.59. The van der Waals surface area contributed by atoms with Crippen LogP contribution in [0.2, 0.25) is 0 Å². The van der Waals surface area contributed by atoms with Crippen LogP contribution in [0.1, 0.15) is 57.9 Å². The second kappa shape index (κ2) is 12.5. The molecule has 0 amide bonds. The number of unbranched alkanes of at least 4 members (excludes halogenated alkanes) is 4. The number of methoxy groups -OCH3 is 1. The minimum atomic E-state index is -0.192. The lowest BCUT2D eigenvalue weighted by Gasteiger charge is -2.10. The molecule has 4 rings (SSSR count). The van der Waals surface area contributed by atoms with Crippen LogP contribution in [0.25, 0.3) is 22.4 Å². The van der Waals surface area contributed by atoms with Crippen LogP contribution in [-0.2, 0) is 0 Å². The van der Waals surface area contributed by atoms with Gasteiger partial charge in [0, 0.05) is 5.56 Å². The zero-order chi connectivity index (χ0) is 25.3. The van der Waals surface area contributed by atoms with E-state index in [9.17, 15) is 4.79 Å². The summed E-state index contributed by atoms with van der Waals surface area (Å²) in [6, 6.07) is 13.4. The van der Waals surface area contributed by atoms with Crippen molar-refractivity contribution in [2.45, 2.75) is 52.4 Å². The van der Waals surface area contributed by atoms with Crippen LogP contribution in [0.3, 0.4) is 0 Å². The highest BCUT2D eigenvalue weighted by molar-refractivity contribution is 7.15. The lowest BCUT2D eigenvalue weighted by molar-refractivity contribution is 0.288. The van der Waals surface area contributed by atoms with Gasteiger partial charge in [-0.25, -0.2) is 0 Å². The molecule has 0 unspecified atom stereocenters. The molecule has 0 aliphatic carbocycles. The van der Waals surface area contributed by atoms with Gasteiger partial charge in [-0.05, 0) is 60.9 Å². The summed E-state index contributed by atoms with van der Waals surface area (Å²) in [7, 11) is 1.61. The summed E-state index contributed by atoms with van der Waals surface area (Å²) in [5.41, 5.74) is 1.50. The Morgan fingerprint density at radius 2 is 1.69 bits per heavy atom. The molecule has 0 aliphatic heterocycles. The van der Waals surface area contributed by atoms with Gasteiger partial charge in [0.1, 0.15) is 5.75 Å². The van der Waals surface area contributed by atoms with Crippen molar-refractivity contribution in [2.75, 3.05) is 20.3 Å². The third-order valence-electron chi connectivity index (χ3n) is 5.80. The monoisotopic (exact) mass is 507 g/mol. The van der Waals surface area contributed by atoms with Crippen molar-refractivity contribution in [3.05, 3.63) is 62.9 Å². The smallest absolute Gasteiger partial charge is 0.291 e. The van der Waals surface area contributed by atoms with Crippen molar-refractivity contribution >= 4 is 22.4 Å². The summed E-state index contributed by atoms with van der Waals surface area (Å²) < 4.78 is 19.0. The third kappa shape index (κ3) is 6.23. The van der Waals surface area contributed by atoms with Gasteiger partial charge in [0.2, 0.25) is 4.96 Å². The van der Waals surface area contributed by atoms with Gasteiger partial charge in [-0.3, -0.25) is 4.79 Å². The van der Waals surface area contributed by atoms with Crippen LogP contribution < -0.4 is 24.3 Å². The minimum Gasteiger partial charge on any atom is -0.494 e. The Morgan fingerprint density at radius 3 is 2.42 bits per heavy atom. The number of hydrogen-bond acceptors (Lipinski definition) is 7. The van der Waals surface area contributed by atoms with E-state index in [2.05, 4.69) is 23.9 Å². The van der Waals surface area contributed by atoms with Crippen molar-refractivity contribution in [1.29, 1.82) is 0 Å². The standard InChI is InChI=1S/C28H33N3O4S/c1-4-6-8-9-17-34-22-13-11-21(12-14-22)26-29-28-31(30-26)27(32)25(36-28)19-20-10-15-23(24(18-20)33-3)35-16-7-5-2/h10-15,18-19H,4-9,16-17H2,1-3H3/b25-19+. The molecule has 2 aromatic carbocycles. The predicted molar refractivity (Wildman–Crippen MR) is 144 cm³/mol. The summed E-state index contributed by atoms with van der Waals surface area (Å²) in [5.74, 6) is 2.69. The molecule has 7 nitrogen and oxygen atoms in total. The van der Waals surface area contributed by atoms with Gasteiger partial charge < -0.3 is 14.2 Å². The topological polar surface area (TPSA) is 75.0 Å². The lowest BCUT2D eigenvalue weighted by atomic mass is 10.2. The van der Waals surface area contributed by atoms with Gasteiger partial charge in [0.25, 0.3) is 5.56 Å². The van der Waals surface area contributed by atoms with E-state index in [-0.39, 0.29) is 5.56 Å². The molecular weight excluding hydrogens is 474 g/mol. The predicted octanol–water partition coefficient (Wildman–Crippen LogP) is 5.51. The summed E-state index contributed by atoms with van der Waals surface area (Å²) in [4.78, 5) is 18.1. The molecule has 0 saturated heterocycles. The number of nitrogens with zero attached hydrogens (tertiary/aromatic N) is 3. The third-order valence-corrected chi connectivity index (χ3v) is 6.76. The Balaban J connectivity index is 1.49. The molecule has 4 aromatic rings. The number of ether oxygens (including phenoxy) is 3. The Hall–Kier alpha value is -3.39. The van der Waals surface area contributed by atoms with Gasteiger partial charge >= 0.3 is 0 Å². The number of rotatable bonds is 13. The number of thiazole rings is 1. The first-order valence-electron chi connectivity index (χ1n) is 12.6. The highest BCUT2D eigenvalue weighted by atomic mass is 32.1. The molecule has 0 spiro atoms. The van der Waals surface area contributed by atoms with Gasteiger partial charge in [-0.2, -0.15) is 9.50 Å². The van der Waals surface area contributed by atoms with E-state index in [4.69, 9.17) is 14.2 Å². The van der Waals surface area contributed by atoms with Gasteiger partial charge in [0.15, 0.2) is 17.3 Å². The fourth-order valence-corrected chi connectivity index (χ4v) is 4.65. The van der Waals surface area contributed by atoms with Crippen LogP contribution in [0.4, 0.5) is 0 Å². The highest BCUT2D eigenvalue weighted by Crippen LogP contribution is 2.28. The number of fused-ring (bicyclic) bond motifs is 1. The van der Waals surface area contributed by atoms with Crippen molar-refractivity contribution in [3.63, 3.8) is 0 Å². The molecule has 36 heavy (non-hydrogen) atoms. The summed E-state index contributed by atoms with van der Waals surface area (Å²) >= 11 is 1.31. The summed E-state index contributed by atoms with van der Waals surface area (Å²) in [5, 5.41) is 4.46. The van der Waals surface area contributed by atoms with Crippen LogP contribution in [0, 0.1) is 0 Å². The Labute approximate surface area is 215 Å². The fourth-order valence-electron chi connectivity index (χ4n) is 3.75. The van der Waals surface area contributed by atoms with Crippen molar-refractivity contribution in [3.8, 4) is 28.6 Å². The molecule has 190 valence electrons. The fraction of sp³-hybridized carbons (Fsp3) is 0.393. The maximum absolute atomic E-state index is 13.0. The van der Waals surface area contributed by atoms with E-state index in [0.29, 0.717) is 33.4 Å². The van der Waals surface area contributed by atoms with E-state index in [1.54, 1.807) is 7.11 Å². The number of hydrogen-bond donors (Lipinski definition) is 0. The first-order valence-corrected chi connectivity index (χ1v) is 13.4. The zero-order valence-corrected chi connectivity index (χ0v) is 22.0. The van der Waals surface area contributed by atoms with Crippen LogP contribution in [0.15, 0.2) is 47.3 Å². The molecule has 0 radical (unpaired) electrons. The quantitative estimate of drug-likeness (QED) is 0.222. The van der Waals surface area contributed by atoms with E-state index in [0.717, 1.165) is 42.7 Å². The van der Waals surface area contributed by atoms with E-state index in [1.807, 2.05) is 48.5 Å². The van der Waals surface area contributed by atoms with E-state index >= 15 is 0 Å². The molecule has 2 aromatic heterocycles. The van der Waals surface area contributed by atoms with Crippen LogP contribution in [-0.4, -0.2) is 34.9 Å². The maximum Gasteiger partial charge on any atom is 0.291 e. The first kappa shape index (κ1) is 25.7. The summed E-state index contributed by atoms with van der Waals surface area (Å²) in [6.07, 6.45) is 8.57. The molecule has 0 atom stereocenters. The molecular formula is C28H33N3O4S. The highest BCUT2D eigenvalue weighted by Gasteiger charge is 2.13. The lowest BCUT2D eigenvalue weighted by Crippen LogP contribution is -2.23. The Kier molecular flexibility index (Phi) is 8.95. The Bertz CT molecular complexity index is 1380. The largest absolute Gasteiger partial charge is 0.494 e. The van der Waals surface area contributed by atoms with Crippen LogP contribution >= 0.6 is 11.3 Å². The van der Waals surface area contributed by atoms with Gasteiger partial charge in [-0.15, -0.1) is 5.10 Å². The number of aromatic nitrogens is 3. The van der Waals surface area contributed by atoms with Gasteiger partial charge in [-0.1, -0.05) is 56.9 Å². The van der Waals surface area contributed by atoms with E-state index < -0.39 is 0 Å².